The molecule has 5 heteroatoms. The first-order valence-electron chi connectivity index (χ1n) is 8.75. The number of hydrogen-bond donors (Lipinski definition) is 0. The Hall–Kier alpha value is -2.17. The Bertz CT molecular complexity index is 738. The minimum absolute atomic E-state index is 0.0286. The van der Waals surface area contributed by atoms with Crippen LogP contribution in [0.15, 0.2) is 36.8 Å². The summed E-state index contributed by atoms with van der Waals surface area (Å²) >= 11 is 0. The van der Waals surface area contributed by atoms with Crippen LogP contribution in [0.1, 0.15) is 36.9 Å². The van der Waals surface area contributed by atoms with Gasteiger partial charge in [-0.1, -0.05) is 18.2 Å². The lowest BCUT2D eigenvalue weighted by molar-refractivity contribution is -0.141. The van der Waals surface area contributed by atoms with E-state index in [1.807, 2.05) is 17.2 Å². The molecule has 1 aromatic carbocycles. The lowest BCUT2D eigenvalue weighted by Crippen LogP contribution is -2.47. The Labute approximate surface area is 141 Å². The highest BCUT2D eigenvalue weighted by Gasteiger charge is 2.34. The molecule has 1 saturated carbocycles. The molecule has 0 unspecified atom stereocenters. The third-order valence-electron chi connectivity index (χ3n) is 5.41. The highest BCUT2D eigenvalue weighted by molar-refractivity contribution is 5.79. The molecule has 0 spiro atoms. The molecule has 1 aromatic heterocycles. The van der Waals surface area contributed by atoms with Crippen molar-refractivity contribution in [3.8, 4) is 0 Å². The molecule has 126 valence electrons. The number of amides is 1. The van der Waals surface area contributed by atoms with Crippen molar-refractivity contribution >= 4 is 5.91 Å². The Morgan fingerprint density at radius 3 is 2.88 bits per heavy atom. The number of carbonyl (C=O) groups is 1. The molecule has 4 rings (SSSR count). The van der Waals surface area contributed by atoms with Crippen LogP contribution in [0, 0.1) is 11.7 Å². The first kappa shape index (κ1) is 15.4. The lowest BCUT2D eigenvalue weighted by atomic mass is 9.88. The van der Waals surface area contributed by atoms with E-state index in [1.54, 1.807) is 18.5 Å². The van der Waals surface area contributed by atoms with E-state index in [0.29, 0.717) is 18.7 Å². The van der Waals surface area contributed by atoms with Crippen LogP contribution in [0.4, 0.5) is 4.39 Å². The number of halogens is 1. The van der Waals surface area contributed by atoms with Crippen LogP contribution in [0.25, 0.3) is 0 Å². The number of imidazole rings is 1. The molecule has 1 atom stereocenters. The fourth-order valence-corrected chi connectivity index (χ4v) is 3.70. The highest BCUT2D eigenvalue weighted by atomic mass is 19.1. The number of aryl methyl sites for hydroxylation is 1. The third kappa shape index (κ3) is 2.83. The average molecular weight is 327 g/mol. The monoisotopic (exact) mass is 327 g/mol. The van der Waals surface area contributed by atoms with Gasteiger partial charge in [0, 0.05) is 36.6 Å². The van der Waals surface area contributed by atoms with Crippen LogP contribution in [0.5, 0.6) is 0 Å². The van der Waals surface area contributed by atoms with Crippen molar-refractivity contribution in [1.29, 1.82) is 0 Å². The smallest absolute Gasteiger partial charge is 0.228 e. The summed E-state index contributed by atoms with van der Waals surface area (Å²) < 4.78 is 16.1. The van der Waals surface area contributed by atoms with Crippen LogP contribution in [0.3, 0.4) is 0 Å². The van der Waals surface area contributed by atoms with Crippen molar-refractivity contribution in [3.63, 3.8) is 0 Å². The molecule has 1 fully saturated rings. The van der Waals surface area contributed by atoms with Crippen molar-refractivity contribution in [3.05, 3.63) is 53.9 Å². The molecule has 1 aliphatic carbocycles. The fourth-order valence-electron chi connectivity index (χ4n) is 3.70. The second-order valence-corrected chi connectivity index (χ2v) is 6.92. The zero-order chi connectivity index (χ0) is 16.5. The summed E-state index contributed by atoms with van der Waals surface area (Å²) in [7, 11) is 0. The number of fused-ring (bicyclic) bond motifs is 1. The van der Waals surface area contributed by atoms with Crippen LogP contribution in [-0.2, 0) is 24.3 Å². The highest BCUT2D eigenvalue weighted by Crippen LogP contribution is 2.30. The Balaban J connectivity index is 1.53. The second-order valence-electron chi connectivity index (χ2n) is 6.92. The van der Waals surface area contributed by atoms with Crippen molar-refractivity contribution in [1.82, 2.24) is 14.5 Å². The van der Waals surface area contributed by atoms with E-state index < -0.39 is 0 Å². The molecule has 2 aromatic rings. The summed E-state index contributed by atoms with van der Waals surface area (Å²) in [4.78, 5) is 19.2. The molecule has 0 N–H and O–H groups in total. The molecule has 2 aliphatic rings. The van der Waals surface area contributed by atoms with Crippen molar-refractivity contribution < 1.29 is 9.18 Å². The SMILES string of the molecule is O=C([C@H]1CCc2cncn2C1)N(Cc1ccccc1F)C1CCC1. The van der Waals surface area contributed by atoms with E-state index >= 15 is 0 Å². The largest absolute Gasteiger partial charge is 0.335 e. The molecule has 2 heterocycles. The van der Waals surface area contributed by atoms with Gasteiger partial charge in [0.15, 0.2) is 0 Å². The van der Waals surface area contributed by atoms with Crippen molar-refractivity contribution in [2.24, 2.45) is 5.92 Å². The molecular weight excluding hydrogens is 305 g/mol. The zero-order valence-corrected chi connectivity index (χ0v) is 13.7. The summed E-state index contributed by atoms with van der Waals surface area (Å²) in [6.07, 6.45) is 8.64. The summed E-state index contributed by atoms with van der Waals surface area (Å²) in [6, 6.07) is 7.04. The van der Waals surface area contributed by atoms with E-state index in [4.69, 9.17) is 0 Å². The van der Waals surface area contributed by atoms with Gasteiger partial charge in [0.2, 0.25) is 5.91 Å². The summed E-state index contributed by atoms with van der Waals surface area (Å²) in [5, 5.41) is 0. The Morgan fingerprint density at radius 2 is 2.12 bits per heavy atom. The van der Waals surface area contributed by atoms with E-state index in [0.717, 1.165) is 32.1 Å². The summed E-state index contributed by atoms with van der Waals surface area (Å²) in [6.45, 7) is 1.07. The first-order chi connectivity index (χ1) is 11.7. The number of benzene rings is 1. The van der Waals surface area contributed by atoms with Gasteiger partial charge >= 0.3 is 0 Å². The maximum Gasteiger partial charge on any atom is 0.228 e. The van der Waals surface area contributed by atoms with Gasteiger partial charge in [0.25, 0.3) is 0 Å². The predicted octanol–water partition coefficient (Wildman–Crippen LogP) is 3.17. The third-order valence-corrected chi connectivity index (χ3v) is 5.41. The van der Waals surface area contributed by atoms with Gasteiger partial charge < -0.3 is 9.47 Å². The van der Waals surface area contributed by atoms with E-state index in [2.05, 4.69) is 9.55 Å². The van der Waals surface area contributed by atoms with Crippen LogP contribution < -0.4 is 0 Å². The lowest BCUT2D eigenvalue weighted by Gasteiger charge is -2.40. The molecular formula is C19H22FN3O. The maximum absolute atomic E-state index is 14.0. The molecule has 0 bridgehead atoms. The van der Waals surface area contributed by atoms with Crippen LogP contribution >= 0.6 is 0 Å². The number of rotatable bonds is 4. The standard InChI is InChI=1S/C19H22FN3O/c20-18-7-2-1-4-14(18)12-23(16-5-3-6-16)19(24)15-8-9-17-10-21-13-22(17)11-15/h1-2,4,7,10,13,15-16H,3,5-6,8-9,11-12H2/t15-/m0/s1. The van der Waals surface area contributed by atoms with Gasteiger partial charge in [-0.3, -0.25) is 4.79 Å². The van der Waals surface area contributed by atoms with Gasteiger partial charge in [0.05, 0.1) is 12.2 Å². The average Bonchev–Trinajstić information content (AvgIpc) is 3.01. The van der Waals surface area contributed by atoms with Gasteiger partial charge in [-0.2, -0.15) is 0 Å². The Kier molecular flexibility index (Phi) is 4.08. The summed E-state index contributed by atoms with van der Waals surface area (Å²) in [5.74, 6) is -0.0865. The van der Waals surface area contributed by atoms with Crippen molar-refractivity contribution in [2.45, 2.75) is 51.2 Å². The number of aromatic nitrogens is 2. The van der Waals surface area contributed by atoms with E-state index in [1.165, 1.54) is 11.8 Å². The minimum atomic E-state index is -0.227. The summed E-state index contributed by atoms with van der Waals surface area (Å²) in [5.41, 5.74) is 1.81. The fraction of sp³-hybridized carbons (Fsp3) is 0.474. The molecule has 0 radical (unpaired) electrons. The first-order valence-corrected chi connectivity index (χ1v) is 8.75. The number of nitrogens with zero attached hydrogens (tertiary/aromatic N) is 3. The van der Waals surface area contributed by atoms with Gasteiger partial charge in [0.1, 0.15) is 5.82 Å². The molecule has 1 amide bonds. The van der Waals surface area contributed by atoms with E-state index in [9.17, 15) is 9.18 Å². The maximum atomic E-state index is 14.0. The number of hydrogen-bond acceptors (Lipinski definition) is 2. The van der Waals surface area contributed by atoms with Gasteiger partial charge in [-0.05, 0) is 38.2 Å². The van der Waals surface area contributed by atoms with Crippen LogP contribution in [0.2, 0.25) is 0 Å². The Morgan fingerprint density at radius 1 is 1.29 bits per heavy atom. The molecule has 4 nitrogen and oxygen atoms in total. The van der Waals surface area contributed by atoms with Crippen molar-refractivity contribution in [2.75, 3.05) is 0 Å². The quantitative estimate of drug-likeness (QED) is 0.865. The zero-order valence-electron chi connectivity index (χ0n) is 13.7. The van der Waals surface area contributed by atoms with Gasteiger partial charge in [-0.15, -0.1) is 0 Å². The van der Waals surface area contributed by atoms with E-state index in [-0.39, 0.29) is 23.7 Å². The number of carbonyl (C=O) groups excluding carboxylic acids is 1. The van der Waals surface area contributed by atoms with Crippen LogP contribution in [-0.4, -0.2) is 26.4 Å². The molecule has 0 saturated heterocycles. The van der Waals surface area contributed by atoms with Gasteiger partial charge in [-0.25, -0.2) is 9.37 Å². The predicted molar refractivity (Wildman–Crippen MR) is 88.6 cm³/mol. The minimum Gasteiger partial charge on any atom is -0.335 e. The molecule has 24 heavy (non-hydrogen) atoms. The second kappa shape index (κ2) is 6.38. The normalized spacial score (nSPS) is 20.3. The molecule has 1 aliphatic heterocycles. The topological polar surface area (TPSA) is 38.1 Å².